The predicted molar refractivity (Wildman–Crippen MR) is 103 cm³/mol. The van der Waals surface area contributed by atoms with Gasteiger partial charge >= 0.3 is 0 Å². The van der Waals surface area contributed by atoms with Crippen LogP contribution in [0, 0.1) is 5.82 Å². The third-order valence-electron chi connectivity index (χ3n) is 3.38. The number of rotatable bonds is 5. The van der Waals surface area contributed by atoms with Gasteiger partial charge in [0.25, 0.3) is 5.91 Å². The Morgan fingerprint density at radius 3 is 2.27 bits per heavy atom. The van der Waals surface area contributed by atoms with Gasteiger partial charge in [-0.05, 0) is 57.2 Å². The zero-order chi connectivity index (χ0) is 19.5. The van der Waals surface area contributed by atoms with E-state index in [9.17, 15) is 13.4 Å². The molecule has 1 amide bonds. The van der Waals surface area contributed by atoms with Crippen LogP contribution in [0.3, 0.4) is 0 Å². The van der Waals surface area contributed by atoms with E-state index < -0.39 is 22.2 Å². The first-order valence-electron chi connectivity index (χ1n) is 8.37. The number of hydrogen-bond donors (Lipinski definition) is 1. The van der Waals surface area contributed by atoms with Crippen molar-refractivity contribution in [2.24, 2.45) is 0 Å². The van der Waals surface area contributed by atoms with Gasteiger partial charge in [-0.1, -0.05) is 13.8 Å². The van der Waals surface area contributed by atoms with E-state index in [2.05, 4.69) is 5.32 Å². The van der Waals surface area contributed by atoms with Crippen molar-refractivity contribution in [1.29, 1.82) is 0 Å². The average Bonchev–Trinajstić information content (AvgIpc) is 2.55. The summed E-state index contributed by atoms with van der Waals surface area (Å²) in [6, 6.07) is 10.6. The molecule has 0 heterocycles. The molecule has 0 spiro atoms. The summed E-state index contributed by atoms with van der Waals surface area (Å²) in [5, 5.41) is 2.75. The molecule has 0 fully saturated rings. The molecule has 0 unspecified atom stereocenters. The molecule has 0 saturated heterocycles. The highest BCUT2D eigenvalue weighted by Gasteiger charge is 2.17. The molecule has 2 aromatic carbocycles. The number of anilines is 1. The molecule has 140 valence electrons. The molecule has 0 aliphatic carbocycles. The van der Waals surface area contributed by atoms with E-state index in [1.165, 1.54) is 18.2 Å². The van der Waals surface area contributed by atoms with Crippen molar-refractivity contribution >= 4 is 22.4 Å². The van der Waals surface area contributed by atoms with E-state index >= 15 is 0 Å². The number of hydrogen-bond acceptors (Lipinski definition) is 3. The van der Waals surface area contributed by atoms with Gasteiger partial charge in [-0.3, -0.25) is 9.00 Å². The van der Waals surface area contributed by atoms with Gasteiger partial charge in [0.1, 0.15) is 17.2 Å². The lowest BCUT2D eigenvalue weighted by Gasteiger charge is -2.23. The Kier molecular flexibility index (Phi) is 6.18. The van der Waals surface area contributed by atoms with Gasteiger partial charge in [0, 0.05) is 21.8 Å². The van der Waals surface area contributed by atoms with E-state index in [1.54, 1.807) is 24.3 Å². The first kappa shape index (κ1) is 20.1. The Hall–Kier alpha value is -2.21. The van der Waals surface area contributed by atoms with Crippen LogP contribution in [0.4, 0.5) is 10.1 Å². The predicted octanol–water partition coefficient (Wildman–Crippen LogP) is 4.77. The fourth-order valence-electron chi connectivity index (χ4n) is 2.22. The Balaban J connectivity index is 2.21. The Morgan fingerprint density at radius 1 is 1.12 bits per heavy atom. The number of carbonyl (C=O) groups is 1. The molecule has 0 saturated carbocycles. The van der Waals surface area contributed by atoms with Crippen molar-refractivity contribution < 1.29 is 18.1 Å². The minimum atomic E-state index is -1.11. The molecular weight excluding hydrogens is 353 g/mol. The van der Waals surface area contributed by atoms with E-state index in [4.69, 9.17) is 4.74 Å². The molecule has 0 radical (unpaired) electrons. The molecule has 6 heteroatoms. The van der Waals surface area contributed by atoms with Crippen molar-refractivity contribution in [3.05, 3.63) is 53.8 Å². The van der Waals surface area contributed by atoms with Gasteiger partial charge < -0.3 is 10.1 Å². The quantitative estimate of drug-likeness (QED) is 0.816. The summed E-state index contributed by atoms with van der Waals surface area (Å²) < 4.78 is 31.4. The maximum atomic E-state index is 13.5. The highest BCUT2D eigenvalue weighted by atomic mass is 32.2. The molecule has 0 aromatic heterocycles. The van der Waals surface area contributed by atoms with Crippen molar-refractivity contribution in [2.45, 2.75) is 50.4 Å². The van der Waals surface area contributed by atoms with E-state index in [1.807, 2.05) is 34.6 Å². The Labute approximate surface area is 156 Å². The van der Waals surface area contributed by atoms with Crippen LogP contribution in [-0.4, -0.2) is 21.0 Å². The van der Waals surface area contributed by atoms with Crippen molar-refractivity contribution in [3.8, 4) is 5.75 Å². The van der Waals surface area contributed by atoms with Gasteiger partial charge in [-0.25, -0.2) is 4.39 Å². The maximum absolute atomic E-state index is 13.5. The van der Waals surface area contributed by atoms with Crippen molar-refractivity contribution in [2.75, 3.05) is 5.32 Å². The summed E-state index contributed by atoms with van der Waals surface area (Å²) in [6.45, 7) is 9.29. The van der Waals surface area contributed by atoms with Crippen LogP contribution < -0.4 is 10.1 Å². The number of carbonyl (C=O) groups excluding carboxylic acids is 1. The summed E-state index contributed by atoms with van der Waals surface area (Å²) >= 11 is 0. The number of nitrogens with one attached hydrogen (secondary N) is 1. The van der Waals surface area contributed by atoms with Gasteiger partial charge in [0.05, 0.1) is 16.5 Å². The van der Waals surface area contributed by atoms with Crippen molar-refractivity contribution in [1.82, 2.24) is 0 Å². The SMILES string of the molecule is CC(C)[S@@](=O)c1ccc(C(=O)Nc2ccc(F)cc2OC(C)(C)C)cc1. The zero-order valence-electron chi connectivity index (χ0n) is 15.6. The van der Waals surface area contributed by atoms with Crippen LogP contribution in [0.2, 0.25) is 0 Å². The molecule has 2 rings (SSSR count). The normalized spacial score (nSPS) is 12.7. The molecular formula is C20H24FNO3S. The molecule has 26 heavy (non-hydrogen) atoms. The second kappa shape index (κ2) is 7.99. The third kappa shape index (κ3) is 5.39. The standard InChI is InChI=1S/C20H24FNO3S/c1-13(2)26(24)16-9-6-14(7-10-16)19(23)22-17-11-8-15(21)12-18(17)25-20(3,4)5/h6-13H,1-5H3,(H,22,23)/t26-/m1/s1. The molecule has 2 aromatic rings. The van der Waals surface area contributed by atoms with Crippen molar-refractivity contribution in [3.63, 3.8) is 0 Å². The lowest BCUT2D eigenvalue weighted by molar-refractivity contribution is 0.102. The van der Waals surface area contributed by atoms with E-state index in [0.717, 1.165) is 0 Å². The number of ether oxygens (including phenoxy) is 1. The fourth-order valence-corrected chi connectivity index (χ4v) is 3.17. The number of halogens is 1. The van der Waals surface area contributed by atoms with Gasteiger partial charge in [-0.2, -0.15) is 0 Å². The average molecular weight is 377 g/mol. The topological polar surface area (TPSA) is 55.4 Å². The first-order valence-corrected chi connectivity index (χ1v) is 9.58. The largest absolute Gasteiger partial charge is 0.486 e. The summed E-state index contributed by atoms with van der Waals surface area (Å²) in [5.41, 5.74) is 0.275. The summed E-state index contributed by atoms with van der Waals surface area (Å²) in [7, 11) is -1.11. The van der Waals surface area contributed by atoms with Crippen LogP contribution >= 0.6 is 0 Å². The van der Waals surface area contributed by atoms with Crippen LogP contribution in [0.5, 0.6) is 5.75 Å². The highest BCUT2D eigenvalue weighted by molar-refractivity contribution is 7.85. The van der Waals surface area contributed by atoms with Gasteiger partial charge in [-0.15, -0.1) is 0 Å². The molecule has 1 N–H and O–H groups in total. The summed E-state index contributed by atoms with van der Waals surface area (Å²) in [5.74, 6) is -0.525. The third-order valence-corrected chi connectivity index (χ3v) is 4.98. The molecule has 1 atom stereocenters. The monoisotopic (exact) mass is 377 g/mol. The molecule has 4 nitrogen and oxygen atoms in total. The zero-order valence-corrected chi connectivity index (χ0v) is 16.4. The first-order chi connectivity index (χ1) is 12.1. The van der Waals surface area contributed by atoms with Crippen LogP contribution in [0.15, 0.2) is 47.4 Å². The van der Waals surface area contributed by atoms with Gasteiger partial charge in [0.2, 0.25) is 0 Å². The van der Waals surface area contributed by atoms with Crippen LogP contribution in [-0.2, 0) is 10.8 Å². The lowest BCUT2D eigenvalue weighted by atomic mass is 10.1. The van der Waals surface area contributed by atoms with E-state index in [0.29, 0.717) is 16.1 Å². The second-order valence-electron chi connectivity index (χ2n) is 7.18. The summed E-state index contributed by atoms with van der Waals surface area (Å²) in [4.78, 5) is 13.2. The Bertz CT molecular complexity index is 811. The minimum Gasteiger partial charge on any atom is -0.486 e. The van der Waals surface area contributed by atoms with Crippen LogP contribution in [0.25, 0.3) is 0 Å². The molecule has 0 aliphatic heterocycles. The second-order valence-corrected chi connectivity index (χ2v) is 9.19. The van der Waals surface area contributed by atoms with Gasteiger partial charge in [0.15, 0.2) is 0 Å². The fraction of sp³-hybridized carbons (Fsp3) is 0.350. The number of amides is 1. The molecule has 0 bridgehead atoms. The summed E-state index contributed by atoms with van der Waals surface area (Å²) in [6.07, 6.45) is 0. The van der Waals surface area contributed by atoms with Crippen LogP contribution in [0.1, 0.15) is 45.0 Å². The Morgan fingerprint density at radius 2 is 1.73 bits per heavy atom. The minimum absolute atomic E-state index is 0.00555. The lowest BCUT2D eigenvalue weighted by Crippen LogP contribution is -2.24. The highest BCUT2D eigenvalue weighted by Crippen LogP contribution is 2.29. The smallest absolute Gasteiger partial charge is 0.255 e. The van der Waals surface area contributed by atoms with E-state index in [-0.39, 0.29) is 16.9 Å². The maximum Gasteiger partial charge on any atom is 0.255 e. The molecule has 0 aliphatic rings. The number of benzene rings is 2.